The van der Waals surface area contributed by atoms with Crippen molar-refractivity contribution in [2.24, 2.45) is 0 Å². The number of carbonyl (C=O) groups excluding carboxylic acids is 1. The van der Waals surface area contributed by atoms with Crippen molar-refractivity contribution < 1.29 is 19.4 Å². The molecule has 0 bridgehead atoms. The van der Waals surface area contributed by atoms with Gasteiger partial charge in [-0.2, -0.15) is 0 Å². The molecule has 1 unspecified atom stereocenters. The SMILES string of the molecule is C=C(C)C(=O)OCC[SiH2]C1(O)CCCCO1. The lowest BCUT2D eigenvalue weighted by molar-refractivity contribution is -0.165. The van der Waals surface area contributed by atoms with E-state index in [2.05, 4.69) is 6.58 Å². The highest BCUT2D eigenvalue weighted by Crippen LogP contribution is 2.21. The van der Waals surface area contributed by atoms with Crippen LogP contribution < -0.4 is 0 Å². The number of rotatable bonds is 5. The van der Waals surface area contributed by atoms with Crippen LogP contribution in [0.4, 0.5) is 0 Å². The Morgan fingerprint density at radius 3 is 2.94 bits per heavy atom. The van der Waals surface area contributed by atoms with Gasteiger partial charge in [0.25, 0.3) is 0 Å². The van der Waals surface area contributed by atoms with E-state index in [0.717, 1.165) is 25.3 Å². The van der Waals surface area contributed by atoms with Gasteiger partial charge < -0.3 is 14.6 Å². The van der Waals surface area contributed by atoms with Gasteiger partial charge >= 0.3 is 5.97 Å². The maximum absolute atomic E-state index is 11.1. The van der Waals surface area contributed by atoms with E-state index in [1.807, 2.05) is 0 Å². The smallest absolute Gasteiger partial charge is 0.333 e. The van der Waals surface area contributed by atoms with Gasteiger partial charge in [-0.15, -0.1) is 0 Å². The fraction of sp³-hybridized carbons (Fsp3) is 0.727. The van der Waals surface area contributed by atoms with Crippen molar-refractivity contribution in [3.63, 3.8) is 0 Å². The van der Waals surface area contributed by atoms with Crippen LogP contribution >= 0.6 is 0 Å². The van der Waals surface area contributed by atoms with Gasteiger partial charge in [0.15, 0.2) is 0 Å². The van der Waals surface area contributed by atoms with E-state index >= 15 is 0 Å². The van der Waals surface area contributed by atoms with Gasteiger partial charge in [0, 0.05) is 12.2 Å². The number of esters is 1. The summed E-state index contributed by atoms with van der Waals surface area (Å²) in [6.07, 6.45) is 2.78. The van der Waals surface area contributed by atoms with Crippen molar-refractivity contribution in [2.45, 2.75) is 37.6 Å². The first-order chi connectivity index (χ1) is 7.53. The summed E-state index contributed by atoms with van der Waals surface area (Å²) in [6, 6.07) is 0.746. The highest BCUT2D eigenvalue weighted by Gasteiger charge is 2.29. The highest BCUT2D eigenvalue weighted by atomic mass is 28.2. The van der Waals surface area contributed by atoms with Crippen molar-refractivity contribution in [2.75, 3.05) is 13.2 Å². The van der Waals surface area contributed by atoms with Crippen LogP contribution in [0.1, 0.15) is 26.2 Å². The molecule has 16 heavy (non-hydrogen) atoms. The van der Waals surface area contributed by atoms with Crippen LogP contribution in [-0.2, 0) is 14.3 Å². The zero-order chi connectivity index (χ0) is 12.0. The minimum absolute atomic E-state index is 0.356. The quantitative estimate of drug-likeness (QED) is 0.332. The third kappa shape index (κ3) is 4.47. The molecular weight excluding hydrogens is 224 g/mol. The molecule has 1 N–H and O–H groups in total. The molecule has 1 rings (SSSR count). The molecule has 0 spiro atoms. The Morgan fingerprint density at radius 2 is 2.38 bits per heavy atom. The zero-order valence-electron chi connectivity index (χ0n) is 9.83. The summed E-state index contributed by atoms with van der Waals surface area (Å²) in [4.78, 5) is 11.1. The Hall–Kier alpha value is -0.653. The van der Waals surface area contributed by atoms with Gasteiger partial charge in [0.2, 0.25) is 0 Å². The first-order valence-corrected chi connectivity index (χ1v) is 7.43. The second-order valence-corrected chi connectivity index (χ2v) is 6.58. The van der Waals surface area contributed by atoms with Crippen LogP contribution in [0.15, 0.2) is 12.2 Å². The number of aliphatic hydroxyl groups is 1. The van der Waals surface area contributed by atoms with Crippen molar-refractivity contribution >= 4 is 15.5 Å². The molecule has 0 amide bonds. The molecule has 1 aliphatic rings. The van der Waals surface area contributed by atoms with Crippen LogP contribution in [0.3, 0.4) is 0 Å². The van der Waals surface area contributed by atoms with E-state index in [-0.39, 0.29) is 5.97 Å². The third-order valence-corrected chi connectivity index (χ3v) is 4.61. The van der Waals surface area contributed by atoms with E-state index in [1.54, 1.807) is 6.92 Å². The summed E-state index contributed by atoms with van der Waals surface area (Å²) < 4.78 is 10.3. The lowest BCUT2D eigenvalue weighted by Gasteiger charge is -2.32. The molecule has 0 aromatic heterocycles. The Kier molecular flexibility index (Phi) is 5.17. The average molecular weight is 244 g/mol. The highest BCUT2D eigenvalue weighted by molar-refractivity contribution is 6.38. The molecular formula is C11H20O4Si. The minimum atomic E-state index is -0.867. The molecule has 0 saturated carbocycles. The predicted molar refractivity (Wildman–Crippen MR) is 63.9 cm³/mol. The summed E-state index contributed by atoms with van der Waals surface area (Å²) in [7, 11) is -0.772. The van der Waals surface area contributed by atoms with Crippen LogP contribution in [0.5, 0.6) is 0 Å². The van der Waals surface area contributed by atoms with Crippen molar-refractivity contribution in [1.82, 2.24) is 0 Å². The molecule has 0 aliphatic carbocycles. The van der Waals surface area contributed by atoms with Gasteiger partial charge in [-0.1, -0.05) is 6.58 Å². The maximum Gasteiger partial charge on any atom is 0.333 e. The molecule has 4 nitrogen and oxygen atoms in total. The van der Waals surface area contributed by atoms with E-state index in [9.17, 15) is 9.90 Å². The molecule has 1 atom stereocenters. The van der Waals surface area contributed by atoms with E-state index in [1.165, 1.54) is 0 Å². The van der Waals surface area contributed by atoms with Crippen molar-refractivity contribution in [1.29, 1.82) is 0 Å². The van der Waals surface area contributed by atoms with Gasteiger partial charge in [0.05, 0.1) is 16.1 Å². The molecule has 0 aromatic rings. The van der Waals surface area contributed by atoms with E-state index in [4.69, 9.17) is 9.47 Å². The molecule has 0 aromatic carbocycles. The largest absolute Gasteiger partial charge is 0.463 e. The molecule has 92 valence electrons. The van der Waals surface area contributed by atoms with Crippen LogP contribution in [0, 0.1) is 0 Å². The molecule has 5 heteroatoms. The minimum Gasteiger partial charge on any atom is -0.463 e. The molecule has 0 radical (unpaired) electrons. The normalized spacial score (nSPS) is 25.9. The molecule has 1 aliphatic heterocycles. The third-order valence-electron chi connectivity index (χ3n) is 2.63. The molecule has 1 saturated heterocycles. The van der Waals surface area contributed by atoms with E-state index < -0.39 is 14.9 Å². The summed E-state index contributed by atoms with van der Waals surface area (Å²) in [5.41, 5.74) is -0.456. The van der Waals surface area contributed by atoms with Crippen LogP contribution in [0.2, 0.25) is 6.04 Å². The lowest BCUT2D eigenvalue weighted by atomic mass is 10.2. The Balaban J connectivity index is 2.14. The number of hydrogen-bond donors (Lipinski definition) is 1. The molecule has 1 fully saturated rings. The summed E-state index contributed by atoms with van der Waals surface area (Å²) in [6.45, 7) is 6.14. The van der Waals surface area contributed by atoms with Gasteiger partial charge in [0.1, 0.15) is 5.41 Å². The second-order valence-electron chi connectivity index (χ2n) is 4.27. The summed E-state index contributed by atoms with van der Waals surface area (Å²) >= 11 is 0. The average Bonchev–Trinajstić information content (AvgIpc) is 2.25. The first kappa shape index (κ1) is 13.4. The van der Waals surface area contributed by atoms with Gasteiger partial charge in [-0.3, -0.25) is 0 Å². The van der Waals surface area contributed by atoms with E-state index in [0.29, 0.717) is 18.8 Å². The fourth-order valence-corrected chi connectivity index (χ4v) is 3.30. The Labute approximate surface area is 98.5 Å². The Bertz CT molecular complexity index is 259. The monoisotopic (exact) mass is 244 g/mol. The van der Waals surface area contributed by atoms with Gasteiger partial charge in [-0.05, 0) is 32.2 Å². The zero-order valence-corrected chi connectivity index (χ0v) is 11.2. The fourth-order valence-electron chi connectivity index (χ4n) is 1.67. The summed E-state index contributed by atoms with van der Waals surface area (Å²) in [5, 5.41) is 10.0. The van der Waals surface area contributed by atoms with Crippen molar-refractivity contribution in [3.8, 4) is 0 Å². The number of ether oxygens (including phenoxy) is 2. The molecule has 1 heterocycles. The summed E-state index contributed by atoms with van der Waals surface area (Å²) in [5.74, 6) is -0.356. The number of hydrogen-bond acceptors (Lipinski definition) is 4. The Morgan fingerprint density at radius 1 is 1.62 bits per heavy atom. The number of carbonyl (C=O) groups is 1. The lowest BCUT2D eigenvalue weighted by Crippen LogP contribution is -2.42. The van der Waals surface area contributed by atoms with Gasteiger partial charge in [-0.25, -0.2) is 4.79 Å². The standard InChI is InChI=1S/C11H20O4Si/c1-9(2)10(12)14-7-8-16-11(13)5-3-4-6-15-11/h13H,1,3-8,16H2,2H3. The van der Waals surface area contributed by atoms with Crippen LogP contribution in [-0.4, -0.2) is 39.2 Å². The predicted octanol–water partition coefficient (Wildman–Crippen LogP) is 0.539. The van der Waals surface area contributed by atoms with Crippen LogP contribution in [0.25, 0.3) is 0 Å². The maximum atomic E-state index is 11.1. The topological polar surface area (TPSA) is 55.8 Å². The first-order valence-electron chi connectivity index (χ1n) is 5.72. The second kappa shape index (κ2) is 6.17. The van der Waals surface area contributed by atoms with Crippen molar-refractivity contribution in [3.05, 3.63) is 12.2 Å².